The number of amides is 1. The number of Topliss-reactive ketones (excluding diaryl/α,β-unsaturated/α-hetero) is 1. The van der Waals surface area contributed by atoms with Crippen molar-refractivity contribution >= 4 is 11.9 Å². The van der Waals surface area contributed by atoms with Gasteiger partial charge in [0.05, 0.1) is 6.04 Å². The van der Waals surface area contributed by atoms with Gasteiger partial charge >= 0.3 is 6.09 Å². The summed E-state index contributed by atoms with van der Waals surface area (Å²) in [6.07, 6.45) is -0.597. The first-order valence-electron chi connectivity index (χ1n) is 7.92. The van der Waals surface area contributed by atoms with Crippen molar-refractivity contribution in [2.24, 2.45) is 0 Å². The fourth-order valence-corrected chi connectivity index (χ4v) is 1.85. The highest BCUT2D eigenvalue weighted by Crippen LogP contribution is 2.33. The van der Waals surface area contributed by atoms with Gasteiger partial charge in [0.25, 0.3) is 0 Å². The lowest BCUT2D eigenvalue weighted by Crippen LogP contribution is -2.43. The van der Waals surface area contributed by atoms with Gasteiger partial charge in [-0.2, -0.15) is 0 Å². The summed E-state index contributed by atoms with van der Waals surface area (Å²) in [7, 11) is 1.49. The maximum absolute atomic E-state index is 12.6. The number of rotatable bonds is 3. The molecule has 0 saturated carbocycles. The Morgan fingerprint density at radius 2 is 1.95 bits per heavy atom. The van der Waals surface area contributed by atoms with Crippen LogP contribution < -0.4 is 9.47 Å². The molecule has 0 unspecified atom stereocenters. The highest BCUT2D eigenvalue weighted by atomic mass is 16.7. The number of carbonyl (C=O) groups excluding carboxylic acids is 2. The van der Waals surface area contributed by atoms with Crippen LogP contribution in [0.4, 0.5) is 4.79 Å². The van der Waals surface area contributed by atoms with E-state index in [-0.39, 0.29) is 22.8 Å². The van der Waals surface area contributed by atoms with E-state index in [2.05, 4.69) is 0 Å². The molecule has 2 rings (SSSR count). The number of nitrogens with zero attached hydrogens (tertiary/aromatic N) is 1. The number of ether oxygens (including phenoxy) is 3. The highest BCUT2D eigenvalue weighted by molar-refractivity contribution is 6.01. The summed E-state index contributed by atoms with van der Waals surface area (Å²) in [6.45, 7) is 4.59. The molecular formula is C16H21NO5. The molecule has 0 aromatic heterocycles. The van der Waals surface area contributed by atoms with Crippen LogP contribution in [0.15, 0.2) is 18.2 Å². The van der Waals surface area contributed by atoms with E-state index in [0.717, 1.165) is 0 Å². The number of benzene rings is 1. The van der Waals surface area contributed by atoms with Crippen LogP contribution in [0.25, 0.3) is 0 Å². The van der Waals surface area contributed by atoms with E-state index in [1.807, 2.05) is 0 Å². The van der Waals surface area contributed by atoms with Crippen molar-refractivity contribution in [2.75, 3.05) is 13.8 Å². The van der Waals surface area contributed by atoms with Crippen LogP contribution in [0.3, 0.4) is 0 Å². The molecule has 1 atom stereocenters. The van der Waals surface area contributed by atoms with Gasteiger partial charge in [0.1, 0.15) is 8.34 Å². The molecule has 1 aromatic carbocycles. The lowest BCUT2D eigenvalue weighted by Gasteiger charge is -2.28. The molecule has 0 aliphatic carbocycles. The summed E-state index contributed by atoms with van der Waals surface area (Å²) in [6, 6.07) is 3.62. The molecule has 22 heavy (non-hydrogen) atoms. The van der Waals surface area contributed by atoms with Crippen LogP contribution in [-0.2, 0) is 4.74 Å². The Hall–Kier alpha value is -2.24. The second-order valence-electron chi connectivity index (χ2n) is 6.08. The highest BCUT2D eigenvalue weighted by Gasteiger charge is 2.28. The molecule has 0 radical (unpaired) electrons. The molecule has 1 aromatic rings. The lowest BCUT2D eigenvalue weighted by molar-refractivity contribution is 0.0231. The zero-order valence-electron chi connectivity index (χ0n) is 15.3. The van der Waals surface area contributed by atoms with Gasteiger partial charge in [-0.15, -0.1) is 0 Å². The summed E-state index contributed by atoms with van der Waals surface area (Å²) < 4.78 is 30.0. The standard InChI is InChI=1S/C16H21NO5/c1-10(17(5)15(19)22-16(2,3)4)14(18)11-6-7-12-13(8-11)21-9-20-12/h6-8,10H,9H2,1-5H3/t10-/m1/s1/i9D2. The third-order valence-electron chi connectivity index (χ3n) is 3.17. The predicted octanol–water partition coefficient (Wildman–Crippen LogP) is 2.85. The molecule has 6 nitrogen and oxygen atoms in total. The van der Waals surface area contributed by atoms with Crippen molar-refractivity contribution in [1.82, 2.24) is 4.90 Å². The Morgan fingerprint density at radius 3 is 2.59 bits per heavy atom. The summed E-state index contributed by atoms with van der Waals surface area (Å²) in [5.74, 6) is 0.0601. The molecular weight excluding hydrogens is 286 g/mol. The van der Waals surface area contributed by atoms with Crippen molar-refractivity contribution in [1.29, 1.82) is 0 Å². The average Bonchev–Trinajstić information content (AvgIpc) is 2.75. The Balaban J connectivity index is 2.13. The van der Waals surface area contributed by atoms with E-state index >= 15 is 0 Å². The molecule has 1 aliphatic rings. The number of hydrogen-bond donors (Lipinski definition) is 0. The van der Waals surface area contributed by atoms with Crippen LogP contribution in [0.1, 0.15) is 40.8 Å². The summed E-state index contributed by atoms with van der Waals surface area (Å²) in [5.41, 5.74) is -0.365. The largest absolute Gasteiger partial charge is 0.454 e. The molecule has 1 heterocycles. The number of hydrogen-bond acceptors (Lipinski definition) is 5. The smallest absolute Gasteiger partial charge is 0.410 e. The third-order valence-corrected chi connectivity index (χ3v) is 3.17. The zero-order valence-corrected chi connectivity index (χ0v) is 13.3. The number of ketones is 1. The summed E-state index contributed by atoms with van der Waals surface area (Å²) in [5, 5.41) is 0. The normalized spacial score (nSPS) is 18.0. The molecule has 0 fully saturated rings. The van der Waals surface area contributed by atoms with Crippen LogP contribution in [0, 0.1) is 0 Å². The maximum Gasteiger partial charge on any atom is 0.410 e. The van der Waals surface area contributed by atoms with Gasteiger partial charge in [0.2, 0.25) is 6.75 Å². The molecule has 0 saturated heterocycles. The second-order valence-corrected chi connectivity index (χ2v) is 6.08. The van der Waals surface area contributed by atoms with Crippen LogP contribution >= 0.6 is 0 Å². The quantitative estimate of drug-likeness (QED) is 0.803. The van der Waals surface area contributed by atoms with E-state index in [1.165, 1.54) is 30.1 Å². The Kier molecular flexibility index (Phi) is 3.58. The van der Waals surface area contributed by atoms with E-state index in [1.54, 1.807) is 27.7 Å². The average molecular weight is 309 g/mol. The van der Waals surface area contributed by atoms with E-state index in [0.29, 0.717) is 0 Å². The minimum Gasteiger partial charge on any atom is -0.454 e. The maximum atomic E-state index is 12.6. The molecule has 0 bridgehead atoms. The van der Waals surface area contributed by atoms with Crippen molar-refractivity contribution in [2.45, 2.75) is 39.3 Å². The molecule has 6 heteroatoms. The Labute approximate surface area is 132 Å². The predicted molar refractivity (Wildman–Crippen MR) is 80.4 cm³/mol. The van der Waals surface area contributed by atoms with Crippen LogP contribution in [0.2, 0.25) is 0 Å². The van der Waals surface area contributed by atoms with Crippen LogP contribution in [-0.4, -0.2) is 42.2 Å². The van der Waals surface area contributed by atoms with Gasteiger partial charge in [0, 0.05) is 12.6 Å². The van der Waals surface area contributed by atoms with E-state index in [9.17, 15) is 9.59 Å². The van der Waals surface area contributed by atoms with Gasteiger partial charge < -0.3 is 19.1 Å². The van der Waals surface area contributed by atoms with Gasteiger partial charge in [-0.05, 0) is 45.9 Å². The molecule has 0 spiro atoms. The Morgan fingerprint density at radius 1 is 1.32 bits per heavy atom. The van der Waals surface area contributed by atoms with Crippen molar-refractivity contribution in [3.8, 4) is 11.5 Å². The summed E-state index contributed by atoms with van der Waals surface area (Å²) in [4.78, 5) is 25.9. The zero-order chi connectivity index (χ0) is 18.3. The van der Waals surface area contributed by atoms with E-state index in [4.69, 9.17) is 17.0 Å². The Bertz CT molecular complexity index is 669. The minimum atomic E-state index is -2.25. The first-order chi connectivity index (χ1) is 10.9. The molecule has 0 N–H and O–H groups in total. The fourth-order valence-electron chi connectivity index (χ4n) is 1.85. The molecule has 1 aliphatic heterocycles. The minimum absolute atomic E-state index is 0.151. The van der Waals surface area contributed by atoms with Gasteiger partial charge in [0.15, 0.2) is 17.3 Å². The van der Waals surface area contributed by atoms with Gasteiger partial charge in [-0.3, -0.25) is 4.79 Å². The monoisotopic (exact) mass is 309 g/mol. The number of carbonyl (C=O) groups is 2. The molecule has 1 amide bonds. The first-order valence-corrected chi connectivity index (χ1v) is 6.92. The van der Waals surface area contributed by atoms with Crippen LogP contribution in [0.5, 0.6) is 11.5 Å². The first kappa shape index (κ1) is 13.4. The number of fused-ring (bicyclic) bond motifs is 1. The van der Waals surface area contributed by atoms with Gasteiger partial charge in [-0.1, -0.05) is 0 Å². The number of likely N-dealkylation sites (N-methyl/N-ethyl adjacent to an activating group) is 1. The van der Waals surface area contributed by atoms with Crippen molar-refractivity contribution in [3.63, 3.8) is 0 Å². The van der Waals surface area contributed by atoms with Crippen molar-refractivity contribution < 1.29 is 26.5 Å². The topological polar surface area (TPSA) is 65.1 Å². The third kappa shape index (κ3) is 3.50. The van der Waals surface area contributed by atoms with Crippen molar-refractivity contribution in [3.05, 3.63) is 23.8 Å². The van der Waals surface area contributed by atoms with E-state index < -0.39 is 24.5 Å². The lowest BCUT2D eigenvalue weighted by atomic mass is 10.0. The van der Waals surface area contributed by atoms with Gasteiger partial charge in [-0.25, -0.2) is 4.79 Å². The second kappa shape index (κ2) is 5.87. The SMILES string of the molecule is [2H]C1([2H])Oc2ccc(C(=O)[C@@H](C)N(C)C(=O)OC(C)(C)C)cc2O1. The fraction of sp³-hybridized carbons (Fsp3) is 0.500. The summed E-state index contributed by atoms with van der Waals surface area (Å²) >= 11 is 0. The molecule has 120 valence electrons.